The fourth-order valence-electron chi connectivity index (χ4n) is 2.77. The molecule has 0 aromatic heterocycles. The zero-order valence-electron chi connectivity index (χ0n) is 15.5. The number of ether oxygens (including phenoxy) is 2. The van der Waals surface area contributed by atoms with E-state index in [9.17, 15) is 4.79 Å². The average Bonchev–Trinajstić information content (AvgIpc) is 2.60. The summed E-state index contributed by atoms with van der Waals surface area (Å²) in [6.45, 7) is 8.80. The molecule has 0 bridgehead atoms. The minimum atomic E-state index is -0.136. The number of halogens is 1. The van der Waals surface area contributed by atoms with Crippen LogP contribution < -0.4 is 14.8 Å². The van der Waals surface area contributed by atoms with E-state index in [1.54, 1.807) is 19.2 Å². The molecule has 0 aliphatic carbocycles. The van der Waals surface area contributed by atoms with E-state index in [1.807, 2.05) is 4.90 Å². The third-order valence-electron chi connectivity index (χ3n) is 4.40. The summed E-state index contributed by atoms with van der Waals surface area (Å²) in [7, 11) is 3.09. The second kappa shape index (κ2) is 9.15. The van der Waals surface area contributed by atoms with Crippen molar-refractivity contribution in [1.82, 2.24) is 9.80 Å². The maximum absolute atomic E-state index is 12.5. The number of methoxy groups -OCH3 is 2. The highest BCUT2D eigenvalue weighted by Gasteiger charge is 2.22. The fourth-order valence-corrected chi connectivity index (χ4v) is 3.01. The van der Waals surface area contributed by atoms with Crippen molar-refractivity contribution in [3.8, 4) is 11.5 Å². The van der Waals surface area contributed by atoms with Gasteiger partial charge in [-0.3, -0.25) is 4.90 Å². The number of urea groups is 1. The lowest BCUT2D eigenvalue weighted by Crippen LogP contribution is -2.50. The maximum atomic E-state index is 12.5. The maximum Gasteiger partial charge on any atom is 0.322 e. The molecule has 1 fully saturated rings. The van der Waals surface area contributed by atoms with Crippen molar-refractivity contribution < 1.29 is 14.3 Å². The van der Waals surface area contributed by atoms with E-state index in [1.165, 1.54) is 13.5 Å². The molecular weight excluding hydrogens is 342 g/mol. The summed E-state index contributed by atoms with van der Waals surface area (Å²) in [5.74, 6) is 1.73. The number of carbonyl (C=O) groups excluding carboxylic acids is 1. The molecule has 0 radical (unpaired) electrons. The summed E-state index contributed by atoms with van der Waals surface area (Å²) in [5.41, 5.74) is 0.542. The van der Waals surface area contributed by atoms with Crippen LogP contribution in [0.5, 0.6) is 11.5 Å². The molecule has 0 atom stereocenters. The van der Waals surface area contributed by atoms with Gasteiger partial charge in [-0.15, -0.1) is 0 Å². The summed E-state index contributed by atoms with van der Waals surface area (Å²) in [6, 6.07) is 3.18. The molecule has 1 aromatic carbocycles. The highest BCUT2D eigenvalue weighted by Crippen LogP contribution is 2.36. The molecule has 2 amide bonds. The second-order valence-electron chi connectivity index (χ2n) is 6.63. The number of hydrogen-bond acceptors (Lipinski definition) is 4. The zero-order valence-corrected chi connectivity index (χ0v) is 16.2. The number of nitrogens with zero attached hydrogens (tertiary/aromatic N) is 2. The number of hydrogen-bond donors (Lipinski definition) is 1. The largest absolute Gasteiger partial charge is 0.495 e. The number of nitrogens with one attached hydrogen (secondary N) is 1. The van der Waals surface area contributed by atoms with Crippen molar-refractivity contribution in [3.05, 3.63) is 17.2 Å². The van der Waals surface area contributed by atoms with Gasteiger partial charge in [-0.2, -0.15) is 0 Å². The first-order valence-electron chi connectivity index (χ1n) is 8.64. The van der Waals surface area contributed by atoms with E-state index in [0.717, 1.165) is 32.7 Å². The van der Waals surface area contributed by atoms with Crippen molar-refractivity contribution in [2.45, 2.75) is 20.3 Å². The van der Waals surface area contributed by atoms with Crippen molar-refractivity contribution >= 4 is 23.3 Å². The first kappa shape index (κ1) is 19.7. The molecule has 1 aliphatic heterocycles. The molecule has 0 unspecified atom stereocenters. The van der Waals surface area contributed by atoms with Crippen LogP contribution >= 0.6 is 11.6 Å². The van der Waals surface area contributed by atoms with Crippen LogP contribution in [0.1, 0.15) is 20.3 Å². The molecule has 0 saturated carbocycles. The molecule has 1 saturated heterocycles. The van der Waals surface area contributed by atoms with Crippen LogP contribution in [0.3, 0.4) is 0 Å². The van der Waals surface area contributed by atoms with Gasteiger partial charge in [0.2, 0.25) is 0 Å². The third-order valence-corrected chi connectivity index (χ3v) is 4.69. The quantitative estimate of drug-likeness (QED) is 0.833. The van der Waals surface area contributed by atoms with Gasteiger partial charge in [0.25, 0.3) is 0 Å². The Morgan fingerprint density at radius 1 is 1.16 bits per heavy atom. The van der Waals surface area contributed by atoms with Gasteiger partial charge in [-0.25, -0.2) is 4.79 Å². The molecule has 7 heteroatoms. The first-order chi connectivity index (χ1) is 11.9. The Labute approximate surface area is 155 Å². The Kier molecular flexibility index (Phi) is 7.20. The van der Waals surface area contributed by atoms with Gasteiger partial charge in [-0.05, 0) is 24.9 Å². The normalized spacial score (nSPS) is 15.4. The van der Waals surface area contributed by atoms with Crippen molar-refractivity contribution in [2.75, 3.05) is 52.3 Å². The minimum Gasteiger partial charge on any atom is -0.495 e. The van der Waals surface area contributed by atoms with Crippen LogP contribution in [-0.4, -0.2) is 62.8 Å². The summed E-state index contributed by atoms with van der Waals surface area (Å²) in [5, 5.41) is 3.32. The van der Waals surface area contributed by atoms with Crippen molar-refractivity contribution in [2.24, 2.45) is 5.92 Å². The minimum absolute atomic E-state index is 0.136. The Bertz CT molecular complexity index is 587. The first-order valence-corrected chi connectivity index (χ1v) is 9.02. The third kappa shape index (κ3) is 5.41. The van der Waals surface area contributed by atoms with E-state index >= 15 is 0 Å². The number of amides is 2. The Morgan fingerprint density at radius 2 is 1.80 bits per heavy atom. The van der Waals surface area contributed by atoms with Crippen LogP contribution in [0.2, 0.25) is 5.02 Å². The van der Waals surface area contributed by atoms with Gasteiger partial charge in [0.1, 0.15) is 11.5 Å². The van der Waals surface area contributed by atoms with Gasteiger partial charge in [-0.1, -0.05) is 25.4 Å². The number of anilines is 1. The SMILES string of the molecule is COc1cc(OC)c(NC(=O)N2CCN(CCC(C)C)CC2)cc1Cl. The molecule has 1 N–H and O–H groups in total. The predicted molar refractivity (Wildman–Crippen MR) is 101 cm³/mol. The highest BCUT2D eigenvalue weighted by atomic mass is 35.5. The number of rotatable bonds is 6. The molecule has 25 heavy (non-hydrogen) atoms. The lowest BCUT2D eigenvalue weighted by Gasteiger charge is -2.35. The Hall–Kier alpha value is -1.66. The van der Waals surface area contributed by atoms with Crippen LogP contribution in [0.15, 0.2) is 12.1 Å². The fraction of sp³-hybridized carbons (Fsp3) is 0.611. The molecule has 1 aromatic rings. The van der Waals surface area contributed by atoms with Crippen molar-refractivity contribution in [1.29, 1.82) is 0 Å². The summed E-state index contributed by atoms with van der Waals surface area (Å²) in [4.78, 5) is 16.8. The van der Waals surface area contributed by atoms with E-state index in [2.05, 4.69) is 24.1 Å². The van der Waals surface area contributed by atoms with Gasteiger partial charge in [0.15, 0.2) is 0 Å². The van der Waals surface area contributed by atoms with Gasteiger partial charge < -0.3 is 19.7 Å². The average molecular weight is 370 g/mol. The molecule has 0 spiro atoms. The van der Waals surface area contributed by atoms with E-state index in [0.29, 0.717) is 28.1 Å². The second-order valence-corrected chi connectivity index (χ2v) is 7.04. The smallest absolute Gasteiger partial charge is 0.322 e. The van der Waals surface area contributed by atoms with E-state index in [4.69, 9.17) is 21.1 Å². The molecule has 1 aliphatic rings. The van der Waals surface area contributed by atoms with Crippen molar-refractivity contribution in [3.63, 3.8) is 0 Å². The zero-order chi connectivity index (χ0) is 18.4. The highest BCUT2D eigenvalue weighted by molar-refractivity contribution is 6.32. The van der Waals surface area contributed by atoms with Crippen LogP contribution in [0, 0.1) is 5.92 Å². The summed E-state index contributed by atoms with van der Waals surface area (Å²) in [6.07, 6.45) is 1.19. The van der Waals surface area contributed by atoms with Crippen LogP contribution in [0.4, 0.5) is 10.5 Å². The Balaban J connectivity index is 1.94. The predicted octanol–water partition coefficient (Wildman–Crippen LogP) is 3.55. The van der Waals surface area contributed by atoms with Crippen LogP contribution in [0.25, 0.3) is 0 Å². The lowest BCUT2D eigenvalue weighted by atomic mass is 10.1. The number of piperazine rings is 1. The number of carbonyl (C=O) groups is 1. The van der Waals surface area contributed by atoms with E-state index < -0.39 is 0 Å². The molecule has 140 valence electrons. The number of benzene rings is 1. The summed E-state index contributed by atoms with van der Waals surface area (Å²) >= 11 is 6.15. The lowest BCUT2D eigenvalue weighted by molar-refractivity contribution is 0.143. The standard InChI is InChI=1S/C18H28ClN3O3/c1-13(2)5-6-21-7-9-22(10-8-21)18(23)20-15-11-14(19)16(24-3)12-17(15)25-4/h11-13H,5-10H2,1-4H3,(H,20,23). The molecule has 6 nitrogen and oxygen atoms in total. The monoisotopic (exact) mass is 369 g/mol. The van der Waals surface area contributed by atoms with Gasteiger partial charge in [0, 0.05) is 32.2 Å². The van der Waals surface area contributed by atoms with Crippen LogP contribution in [-0.2, 0) is 0 Å². The summed E-state index contributed by atoms with van der Waals surface area (Å²) < 4.78 is 10.5. The molecular formula is C18H28ClN3O3. The van der Waals surface area contributed by atoms with Gasteiger partial charge >= 0.3 is 6.03 Å². The molecule has 2 rings (SSSR count). The Morgan fingerprint density at radius 3 is 2.36 bits per heavy atom. The topological polar surface area (TPSA) is 54.0 Å². The molecule has 1 heterocycles. The van der Waals surface area contributed by atoms with E-state index in [-0.39, 0.29) is 6.03 Å². The van der Waals surface area contributed by atoms with Gasteiger partial charge in [0.05, 0.1) is 24.9 Å².